The van der Waals surface area contributed by atoms with Gasteiger partial charge in [0, 0.05) is 6.54 Å². The number of carbonyl (C=O) groups excluding carboxylic acids is 2. The predicted octanol–water partition coefficient (Wildman–Crippen LogP) is 1.49. The highest BCUT2D eigenvalue weighted by molar-refractivity contribution is 5.70. The monoisotopic (exact) mass is 302 g/mol. The average molecular weight is 302 g/mol. The smallest absolute Gasteiger partial charge is 0.410 e. The maximum atomic E-state index is 11.9. The van der Waals surface area contributed by atoms with Crippen molar-refractivity contribution in [3.8, 4) is 0 Å². The van der Waals surface area contributed by atoms with E-state index in [-0.39, 0.29) is 13.1 Å². The Morgan fingerprint density at radius 2 is 1.57 bits per heavy atom. The van der Waals surface area contributed by atoms with Gasteiger partial charge in [-0.3, -0.25) is 0 Å². The molecule has 2 N–H and O–H groups in total. The van der Waals surface area contributed by atoms with Crippen molar-refractivity contribution in [2.24, 2.45) is 0 Å². The van der Waals surface area contributed by atoms with E-state index in [0.717, 1.165) is 0 Å². The third-order valence-corrected chi connectivity index (χ3v) is 2.64. The first-order chi connectivity index (χ1) is 9.37. The summed E-state index contributed by atoms with van der Waals surface area (Å²) < 4.78 is 10.4. The fourth-order valence-electron chi connectivity index (χ4n) is 1.86. The molecular weight excluding hydrogens is 276 g/mol. The Balaban J connectivity index is 2.53. The number of aliphatic hydroxyl groups excluding tert-OH is 1. The van der Waals surface area contributed by atoms with Crippen LogP contribution in [0.25, 0.3) is 0 Å². The summed E-state index contributed by atoms with van der Waals surface area (Å²) in [6.45, 7) is 10.9. The molecule has 0 aromatic carbocycles. The summed E-state index contributed by atoms with van der Waals surface area (Å²) in [4.78, 5) is 25.0. The number of rotatable bonds is 1. The fourth-order valence-corrected chi connectivity index (χ4v) is 1.86. The van der Waals surface area contributed by atoms with Crippen LogP contribution < -0.4 is 5.32 Å². The third-order valence-electron chi connectivity index (χ3n) is 2.64. The molecular formula is C14H26N2O5. The van der Waals surface area contributed by atoms with E-state index in [0.29, 0.717) is 0 Å². The second-order valence-electron chi connectivity index (χ2n) is 7.21. The van der Waals surface area contributed by atoms with Gasteiger partial charge < -0.3 is 24.8 Å². The maximum absolute atomic E-state index is 11.9. The minimum absolute atomic E-state index is 0.120. The SMILES string of the molecule is CC(C)(C)OC(=O)N[C@@H]1CN(C(=O)OC(C)(C)C)C[C@@H]1O. The molecule has 2 amide bonds. The van der Waals surface area contributed by atoms with Crippen molar-refractivity contribution in [1.29, 1.82) is 0 Å². The molecule has 1 saturated heterocycles. The quantitative estimate of drug-likeness (QED) is 0.766. The van der Waals surface area contributed by atoms with E-state index in [1.807, 2.05) is 0 Å². The van der Waals surface area contributed by atoms with Crippen LogP contribution in [0.5, 0.6) is 0 Å². The highest BCUT2D eigenvalue weighted by Crippen LogP contribution is 2.16. The van der Waals surface area contributed by atoms with E-state index in [1.165, 1.54) is 4.90 Å². The standard InChI is InChI=1S/C14H26N2O5/c1-13(2,3)20-11(18)15-9-7-16(8-10(9)17)12(19)21-14(4,5)6/h9-10,17H,7-8H2,1-6H3,(H,15,18)/t9-,10+/m1/s1. The first-order valence-electron chi connectivity index (χ1n) is 7.03. The Hall–Kier alpha value is -1.50. The first kappa shape index (κ1) is 17.6. The topological polar surface area (TPSA) is 88.1 Å². The number of alkyl carbamates (subject to hydrolysis) is 1. The lowest BCUT2D eigenvalue weighted by atomic mass is 10.2. The second kappa shape index (κ2) is 6.09. The first-order valence-corrected chi connectivity index (χ1v) is 7.03. The van der Waals surface area contributed by atoms with E-state index >= 15 is 0 Å². The van der Waals surface area contributed by atoms with Crippen molar-refractivity contribution < 1.29 is 24.2 Å². The molecule has 1 heterocycles. The van der Waals surface area contributed by atoms with Crippen LogP contribution in [0.3, 0.4) is 0 Å². The zero-order valence-corrected chi connectivity index (χ0v) is 13.6. The van der Waals surface area contributed by atoms with Crippen LogP contribution in [-0.4, -0.2) is 58.6 Å². The zero-order chi connectivity index (χ0) is 16.4. The van der Waals surface area contributed by atoms with Gasteiger partial charge in [-0.1, -0.05) is 0 Å². The lowest BCUT2D eigenvalue weighted by Crippen LogP contribution is -2.45. The molecule has 0 spiro atoms. The van der Waals surface area contributed by atoms with E-state index in [9.17, 15) is 14.7 Å². The zero-order valence-electron chi connectivity index (χ0n) is 13.6. The number of likely N-dealkylation sites (tertiary alicyclic amines) is 1. The normalized spacial score (nSPS) is 22.9. The van der Waals surface area contributed by atoms with Gasteiger partial charge in [0.05, 0.1) is 18.7 Å². The molecule has 0 bridgehead atoms. The largest absolute Gasteiger partial charge is 0.444 e. The fraction of sp³-hybridized carbons (Fsp3) is 0.857. The average Bonchev–Trinajstić information content (AvgIpc) is 2.54. The molecule has 0 aromatic heterocycles. The molecule has 2 atom stereocenters. The number of aliphatic hydroxyl groups is 1. The van der Waals surface area contributed by atoms with Gasteiger partial charge in [-0.2, -0.15) is 0 Å². The number of amides is 2. The molecule has 0 aliphatic carbocycles. The van der Waals surface area contributed by atoms with Crippen molar-refractivity contribution >= 4 is 12.2 Å². The molecule has 0 unspecified atom stereocenters. The van der Waals surface area contributed by atoms with Crippen molar-refractivity contribution in [3.05, 3.63) is 0 Å². The predicted molar refractivity (Wildman–Crippen MR) is 77.0 cm³/mol. The Bertz CT molecular complexity index is 397. The number of ether oxygens (including phenoxy) is 2. The molecule has 0 saturated carbocycles. The van der Waals surface area contributed by atoms with Crippen LogP contribution in [0.2, 0.25) is 0 Å². The van der Waals surface area contributed by atoms with Crippen molar-refractivity contribution in [2.45, 2.75) is 64.9 Å². The van der Waals surface area contributed by atoms with Crippen molar-refractivity contribution in [2.75, 3.05) is 13.1 Å². The Kier molecular flexibility index (Phi) is 5.09. The summed E-state index contributed by atoms with van der Waals surface area (Å²) in [7, 11) is 0. The van der Waals surface area contributed by atoms with E-state index in [4.69, 9.17) is 9.47 Å². The number of hydrogen-bond donors (Lipinski definition) is 2. The molecule has 1 fully saturated rings. The van der Waals surface area contributed by atoms with E-state index in [1.54, 1.807) is 41.5 Å². The summed E-state index contributed by atoms with van der Waals surface area (Å²) in [6, 6.07) is -0.563. The highest BCUT2D eigenvalue weighted by Gasteiger charge is 2.37. The molecule has 1 aliphatic heterocycles. The molecule has 1 aliphatic rings. The molecule has 0 radical (unpaired) electrons. The number of carbonyl (C=O) groups is 2. The van der Waals surface area contributed by atoms with Gasteiger partial charge >= 0.3 is 12.2 Å². The van der Waals surface area contributed by atoms with Gasteiger partial charge in [-0.25, -0.2) is 9.59 Å². The Labute approximate surface area is 125 Å². The highest BCUT2D eigenvalue weighted by atomic mass is 16.6. The maximum Gasteiger partial charge on any atom is 0.410 e. The molecule has 7 nitrogen and oxygen atoms in total. The van der Waals surface area contributed by atoms with E-state index in [2.05, 4.69) is 5.32 Å². The number of hydrogen-bond acceptors (Lipinski definition) is 5. The molecule has 1 rings (SSSR count). The number of β-amino-alcohol motifs (C(OH)–C–C–N with tert-alkyl or cyclic N) is 1. The lowest BCUT2D eigenvalue weighted by Gasteiger charge is -2.24. The summed E-state index contributed by atoms with van der Waals surface area (Å²) in [5.41, 5.74) is -1.21. The summed E-state index contributed by atoms with van der Waals surface area (Å²) in [5, 5.41) is 12.5. The summed E-state index contributed by atoms with van der Waals surface area (Å²) in [5.74, 6) is 0. The van der Waals surface area contributed by atoms with Crippen LogP contribution in [0, 0.1) is 0 Å². The molecule has 21 heavy (non-hydrogen) atoms. The van der Waals surface area contributed by atoms with Gasteiger partial charge in [0.15, 0.2) is 0 Å². The van der Waals surface area contributed by atoms with Crippen molar-refractivity contribution in [3.63, 3.8) is 0 Å². The van der Waals surface area contributed by atoms with Crippen LogP contribution in [0.1, 0.15) is 41.5 Å². The van der Waals surface area contributed by atoms with Gasteiger partial charge in [0.25, 0.3) is 0 Å². The number of nitrogens with one attached hydrogen (secondary N) is 1. The van der Waals surface area contributed by atoms with Crippen LogP contribution in [-0.2, 0) is 9.47 Å². The van der Waals surface area contributed by atoms with Crippen molar-refractivity contribution in [1.82, 2.24) is 10.2 Å². The minimum atomic E-state index is -0.843. The summed E-state index contributed by atoms with van der Waals surface area (Å²) in [6.07, 6.45) is -1.96. The van der Waals surface area contributed by atoms with Crippen LogP contribution in [0.4, 0.5) is 9.59 Å². The minimum Gasteiger partial charge on any atom is -0.444 e. The Morgan fingerprint density at radius 1 is 1.05 bits per heavy atom. The second-order valence-corrected chi connectivity index (χ2v) is 7.21. The summed E-state index contributed by atoms with van der Waals surface area (Å²) >= 11 is 0. The van der Waals surface area contributed by atoms with Crippen LogP contribution >= 0.6 is 0 Å². The number of nitrogens with zero attached hydrogens (tertiary/aromatic N) is 1. The third kappa shape index (κ3) is 6.20. The van der Waals surface area contributed by atoms with Crippen LogP contribution in [0.15, 0.2) is 0 Å². The molecule has 122 valence electrons. The molecule has 0 aromatic rings. The molecule has 7 heteroatoms. The van der Waals surface area contributed by atoms with Gasteiger partial charge in [-0.05, 0) is 41.5 Å². The van der Waals surface area contributed by atoms with Gasteiger partial charge in [-0.15, -0.1) is 0 Å². The van der Waals surface area contributed by atoms with E-state index < -0.39 is 35.5 Å². The van der Waals surface area contributed by atoms with Gasteiger partial charge in [0.1, 0.15) is 11.2 Å². The van der Waals surface area contributed by atoms with Gasteiger partial charge in [0.2, 0.25) is 0 Å². The Morgan fingerprint density at radius 3 is 2.05 bits per heavy atom. The lowest BCUT2D eigenvalue weighted by molar-refractivity contribution is 0.0268.